The van der Waals surface area contributed by atoms with Gasteiger partial charge >= 0.3 is 6.18 Å². The average Bonchev–Trinajstić information content (AvgIpc) is 2.96. The van der Waals surface area contributed by atoms with Gasteiger partial charge in [0.25, 0.3) is 5.91 Å². The summed E-state index contributed by atoms with van der Waals surface area (Å²) in [5.74, 6) is -0.562. The van der Waals surface area contributed by atoms with Crippen LogP contribution in [0.15, 0.2) is 30.7 Å². The van der Waals surface area contributed by atoms with E-state index in [1.165, 1.54) is 18.3 Å². The number of halogens is 3. The number of hydrogen-bond acceptors (Lipinski definition) is 2. The van der Waals surface area contributed by atoms with Crippen molar-refractivity contribution in [1.82, 2.24) is 20.1 Å². The topological polar surface area (TPSA) is 62.7 Å². The van der Waals surface area contributed by atoms with Gasteiger partial charge in [-0.15, -0.1) is 0 Å². The summed E-state index contributed by atoms with van der Waals surface area (Å²) in [6.07, 6.45) is 0.00849. The van der Waals surface area contributed by atoms with Gasteiger partial charge in [-0.1, -0.05) is 0 Å². The van der Waals surface area contributed by atoms with Crippen molar-refractivity contribution in [3.8, 4) is 0 Å². The predicted octanol–water partition coefficient (Wildman–Crippen LogP) is 2.26. The molecule has 1 amide bonds. The lowest BCUT2D eigenvalue weighted by molar-refractivity contribution is -0.140. The Hall–Kier alpha value is -2.25. The lowest BCUT2D eigenvalue weighted by atomic mass is 10.2. The highest BCUT2D eigenvalue weighted by atomic mass is 19.4. The first-order valence-electron chi connectivity index (χ1n) is 5.88. The molecule has 0 fully saturated rings. The van der Waals surface area contributed by atoms with E-state index in [1.807, 2.05) is 0 Å². The van der Waals surface area contributed by atoms with E-state index in [0.717, 1.165) is 10.1 Å². The van der Waals surface area contributed by atoms with Crippen molar-refractivity contribution >= 4 is 5.91 Å². The van der Waals surface area contributed by atoms with Gasteiger partial charge in [-0.25, -0.2) is 0 Å². The van der Waals surface area contributed by atoms with Crippen LogP contribution in [0.1, 0.15) is 29.0 Å². The molecule has 0 aliphatic heterocycles. The van der Waals surface area contributed by atoms with Crippen molar-refractivity contribution in [3.05, 3.63) is 42.0 Å². The zero-order chi connectivity index (χ0) is 14.8. The van der Waals surface area contributed by atoms with Gasteiger partial charge in [0.1, 0.15) is 12.2 Å². The summed E-state index contributed by atoms with van der Waals surface area (Å²) in [4.78, 5) is 12.0. The highest BCUT2D eigenvalue weighted by Crippen LogP contribution is 2.19. The molecule has 108 valence electrons. The third kappa shape index (κ3) is 3.40. The smallest absolute Gasteiger partial charge is 0.344 e. The zero-order valence-electron chi connectivity index (χ0n) is 10.6. The van der Waals surface area contributed by atoms with Crippen molar-refractivity contribution < 1.29 is 18.0 Å². The molecule has 0 saturated heterocycles. The number of aromatic amines is 1. The minimum Gasteiger partial charge on any atom is -0.344 e. The molecule has 0 aromatic carbocycles. The minimum absolute atomic E-state index is 0.0299. The van der Waals surface area contributed by atoms with Crippen molar-refractivity contribution in [2.75, 3.05) is 0 Å². The third-order valence-corrected chi connectivity index (χ3v) is 2.78. The second-order valence-electron chi connectivity index (χ2n) is 4.36. The van der Waals surface area contributed by atoms with Crippen LogP contribution >= 0.6 is 0 Å². The molecule has 0 aliphatic carbocycles. The average molecular weight is 286 g/mol. The Labute approximate surface area is 112 Å². The summed E-state index contributed by atoms with van der Waals surface area (Å²) in [5, 5.41) is 8.98. The first kappa shape index (κ1) is 14.2. The van der Waals surface area contributed by atoms with Crippen LogP contribution in [-0.4, -0.2) is 26.8 Å². The summed E-state index contributed by atoms with van der Waals surface area (Å²) >= 11 is 0. The monoisotopic (exact) mass is 286 g/mol. The molecule has 2 N–H and O–H groups in total. The molecule has 0 spiro atoms. The maximum Gasteiger partial charge on any atom is 0.406 e. The van der Waals surface area contributed by atoms with Crippen molar-refractivity contribution in [3.63, 3.8) is 0 Å². The molecule has 2 aromatic heterocycles. The second-order valence-corrected chi connectivity index (χ2v) is 4.36. The van der Waals surface area contributed by atoms with Crippen molar-refractivity contribution in [1.29, 1.82) is 0 Å². The third-order valence-electron chi connectivity index (χ3n) is 2.78. The number of nitrogens with one attached hydrogen (secondary N) is 2. The van der Waals surface area contributed by atoms with E-state index in [4.69, 9.17) is 0 Å². The van der Waals surface area contributed by atoms with Crippen LogP contribution < -0.4 is 5.32 Å². The van der Waals surface area contributed by atoms with Crippen LogP contribution in [0.25, 0.3) is 0 Å². The van der Waals surface area contributed by atoms with E-state index in [1.54, 1.807) is 19.3 Å². The number of H-pyrrole nitrogens is 1. The summed E-state index contributed by atoms with van der Waals surface area (Å²) in [5.41, 5.74) is 0.713. The van der Waals surface area contributed by atoms with Gasteiger partial charge in [0.2, 0.25) is 0 Å². The maximum absolute atomic E-state index is 12.4. The van der Waals surface area contributed by atoms with Crippen LogP contribution in [0.4, 0.5) is 13.2 Å². The molecule has 20 heavy (non-hydrogen) atoms. The molecule has 0 bridgehead atoms. The van der Waals surface area contributed by atoms with E-state index < -0.39 is 18.6 Å². The van der Waals surface area contributed by atoms with E-state index in [0.29, 0.717) is 0 Å². The summed E-state index contributed by atoms with van der Waals surface area (Å²) < 4.78 is 38.0. The fourth-order valence-corrected chi connectivity index (χ4v) is 1.80. The summed E-state index contributed by atoms with van der Waals surface area (Å²) in [6, 6.07) is 2.40. The number of alkyl halides is 3. The molecule has 2 heterocycles. The van der Waals surface area contributed by atoms with Crippen LogP contribution in [0.3, 0.4) is 0 Å². The highest BCUT2D eigenvalue weighted by Gasteiger charge is 2.29. The number of carbonyl (C=O) groups is 1. The highest BCUT2D eigenvalue weighted by molar-refractivity contribution is 5.93. The van der Waals surface area contributed by atoms with Crippen LogP contribution in [0.2, 0.25) is 0 Å². The van der Waals surface area contributed by atoms with Gasteiger partial charge < -0.3 is 9.88 Å². The first-order chi connectivity index (χ1) is 9.37. The van der Waals surface area contributed by atoms with Gasteiger partial charge in [-0.2, -0.15) is 18.3 Å². The zero-order valence-corrected chi connectivity index (χ0v) is 10.6. The van der Waals surface area contributed by atoms with E-state index >= 15 is 0 Å². The molecule has 1 unspecified atom stereocenters. The molecule has 2 rings (SSSR count). The Morgan fingerprint density at radius 3 is 2.90 bits per heavy atom. The van der Waals surface area contributed by atoms with Crippen molar-refractivity contribution in [2.24, 2.45) is 0 Å². The molecule has 8 heteroatoms. The molecule has 1 atom stereocenters. The molecule has 0 saturated carbocycles. The van der Waals surface area contributed by atoms with Crippen LogP contribution in [0.5, 0.6) is 0 Å². The van der Waals surface area contributed by atoms with Gasteiger partial charge in [-0.3, -0.25) is 9.89 Å². The molecule has 2 aromatic rings. The Bertz CT molecular complexity index is 574. The number of aromatic nitrogens is 3. The predicted molar refractivity (Wildman–Crippen MR) is 65.0 cm³/mol. The largest absolute Gasteiger partial charge is 0.406 e. The Morgan fingerprint density at radius 2 is 2.30 bits per heavy atom. The fourth-order valence-electron chi connectivity index (χ4n) is 1.80. The molecule has 0 aliphatic rings. The Morgan fingerprint density at radius 1 is 1.55 bits per heavy atom. The van der Waals surface area contributed by atoms with Crippen LogP contribution in [0, 0.1) is 0 Å². The summed E-state index contributed by atoms with van der Waals surface area (Å²) in [6.45, 7) is 0.530. The number of rotatable bonds is 4. The number of hydrogen-bond donors (Lipinski definition) is 2. The van der Waals surface area contributed by atoms with Gasteiger partial charge in [0, 0.05) is 18.0 Å². The SMILES string of the molecule is CC(NC(=O)c1cccn1CC(F)(F)F)c1cn[nH]c1. The second kappa shape index (κ2) is 5.40. The number of nitrogens with zero attached hydrogens (tertiary/aromatic N) is 2. The van der Waals surface area contributed by atoms with E-state index in [-0.39, 0.29) is 11.7 Å². The maximum atomic E-state index is 12.4. The summed E-state index contributed by atoms with van der Waals surface area (Å²) in [7, 11) is 0. The van der Waals surface area contributed by atoms with E-state index in [2.05, 4.69) is 15.5 Å². The lowest BCUT2D eigenvalue weighted by Crippen LogP contribution is -2.30. The molecular formula is C12H13F3N4O. The standard InChI is InChI=1S/C12H13F3N4O/c1-8(9-5-16-17-6-9)18-11(20)10-3-2-4-19(10)7-12(13,14)15/h2-6,8H,7H2,1H3,(H,16,17)(H,18,20). The molecule has 5 nitrogen and oxygen atoms in total. The quantitative estimate of drug-likeness (QED) is 0.905. The van der Waals surface area contributed by atoms with Gasteiger partial charge in [-0.05, 0) is 19.1 Å². The van der Waals surface area contributed by atoms with Gasteiger partial charge in [0.05, 0.1) is 12.2 Å². The molecule has 0 radical (unpaired) electrons. The van der Waals surface area contributed by atoms with Crippen molar-refractivity contribution in [2.45, 2.75) is 25.7 Å². The van der Waals surface area contributed by atoms with E-state index in [9.17, 15) is 18.0 Å². The first-order valence-corrected chi connectivity index (χ1v) is 5.88. The molecular weight excluding hydrogens is 273 g/mol. The normalized spacial score (nSPS) is 13.2. The minimum atomic E-state index is -4.37. The number of amides is 1. The lowest BCUT2D eigenvalue weighted by Gasteiger charge is -2.15. The van der Waals surface area contributed by atoms with Crippen LogP contribution in [-0.2, 0) is 6.54 Å². The Balaban J connectivity index is 2.08. The fraction of sp³-hybridized carbons (Fsp3) is 0.333. The van der Waals surface area contributed by atoms with Gasteiger partial charge in [0.15, 0.2) is 0 Å². The Kier molecular flexibility index (Phi) is 3.82. The number of carbonyl (C=O) groups excluding carboxylic acids is 1.